The van der Waals surface area contributed by atoms with Crippen LogP contribution >= 0.6 is 11.8 Å². The Bertz CT molecular complexity index is 176. The van der Waals surface area contributed by atoms with E-state index in [1.165, 1.54) is 0 Å². The summed E-state index contributed by atoms with van der Waals surface area (Å²) in [6.07, 6.45) is 4.13. The lowest BCUT2D eigenvalue weighted by molar-refractivity contribution is -0.120. The molecule has 0 aliphatic rings. The molecule has 0 heterocycles. The minimum atomic E-state index is 0.101. The average Bonchev–Trinajstić information content (AvgIpc) is 2.23. The van der Waals surface area contributed by atoms with Crippen molar-refractivity contribution in [2.75, 3.05) is 18.6 Å². The van der Waals surface area contributed by atoms with Crippen LogP contribution in [0.2, 0.25) is 0 Å². The molecule has 1 amide bonds. The van der Waals surface area contributed by atoms with E-state index >= 15 is 0 Å². The van der Waals surface area contributed by atoms with Gasteiger partial charge in [-0.05, 0) is 26.0 Å². The third-order valence-corrected chi connectivity index (χ3v) is 3.17. The molecule has 0 aliphatic heterocycles. The maximum Gasteiger partial charge on any atom is 0.234 e. The zero-order chi connectivity index (χ0) is 11.7. The Labute approximate surface area is 97.8 Å². The van der Waals surface area contributed by atoms with Gasteiger partial charge in [-0.25, -0.2) is 0 Å². The monoisotopic (exact) mass is 232 g/mol. The summed E-state index contributed by atoms with van der Waals surface area (Å²) in [5.74, 6) is 1.16. The van der Waals surface area contributed by atoms with E-state index in [4.69, 9.17) is 0 Å². The van der Waals surface area contributed by atoms with Crippen LogP contribution in [-0.4, -0.2) is 36.5 Å². The summed E-state index contributed by atoms with van der Waals surface area (Å²) in [6.45, 7) is 6.67. The van der Waals surface area contributed by atoms with Crippen molar-refractivity contribution in [3.05, 3.63) is 0 Å². The molecule has 0 saturated carbocycles. The van der Waals surface area contributed by atoms with Gasteiger partial charge in [-0.3, -0.25) is 4.79 Å². The second kappa shape index (κ2) is 9.04. The van der Waals surface area contributed by atoms with Gasteiger partial charge in [-0.1, -0.05) is 13.8 Å². The van der Waals surface area contributed by atoms with Gasteiger partial charge >= 0.3 is 0 Å². The third kappa shape index (κ3) is 7.68. The molecule has 3 nitrogen and oxygen atoms in total. The lowest BCUT2D eigenvalue weighted by Gasteiger charge is -2.17. The van der Waals surface area contributed by atoms with E-state index in [1.807, 2.05) is 18.7 Å². The predicted molar refractivity (Wildman–Crippen MR) is 68.4 cm³/mol. The van der Waals surface area contributed by atoms with Gasteiger partial charge in [0.1, 0.15) is 0 Å². The lowest BCUT2D eigenvalue weighted by atomic mass is 10.2. The summed E-state index contributed by atoms with van der Waals surface area (Å²) in [5.41, 5.74) is 0. The van der Waals surface area contributed by atoms with Crippen molar-refractivity contribution in [1.82, 2.24) is 10.6 Å². The Balaban J connectivity index is 3.68. The largest absolute Gasteiger partial charge is 0.353 e. The SMILES string of the molecule is CCC(C)NC(=O)CNC(CC)CSC. The van der Waals surface area contributed by atoms with Crippen molar-refractivity contribution < 1.29 is 4.79 Å². The Morgan fingerprint density at radius 2 is 2.00 bits per heavy atom. The highest BCUT2D eigenvalue weighted by Gasteiger charge is 2.08. The molecule has 0 spiro atoms. The molecule has 0 bridgehead atoms. The van der Waals surface area contributed by atoms with Crippen LogP contribution in [0.25, 0.3) is 0 Å². The van der Waals surface area contributed by atoms with Gasteiger partial charge < -0.3 is 10.6 Å². The van der Waals surface area contributed by atoms with Gasteiger partial charge in [0, 0.05) is 17.8 Å². The van der Waals surface area contributed by atoms with E-state index in [2.05, 4.69) is 30.7 Å². The molecule has 4 heteroatoms. The molecule has 2 unspecified atom stereocenters. The number of thioether (sulfide) groups is 1. The van der Waals surface area contributed by atoms with E-state index < -0.39 is 0 Å². The molecule has 90 valence electrons. The molecule has 0 aromatic heterocycles. The van der Waals surface area contributed by atoms with Crippen molar-refractivity contribution >= 4 is 17.7 Å². The maximum atomic E-state index is 11.5. The summed E-state index contributed by atoms with van der Waals surface area (Å²) in [6, 6.07) is 0.725. The van der Waals surface area contributed by atoms with Crippen molar-refractivity contribution in [3.8, 4) is 0 Å². The fraction of sp³-hybridized carbons (Fsp3) is 0.909. The first-order valence-corrected chi connectivity index (χ1v) is 7.05. The molecule has 0 aromatic carbocycles. The van der Waals surface area contributed by atoms with Crippen LogP contribution in [0.15, 0.2) is 0 Å². The Kier molecular flexibility index (Phi) is 8.91. The normalized spacial score (nSPS) is 14.7. The Hall–Kier alpha value is -0.220. The number of hydrogen-bond donors (Lipinski definition) is 2. The summed E-state index contributed by atoms with van der Waals surface area (Å²) in [5, 5.41) is 6.21. The second-order valence-corrected chi connectivity index (χ2v) is 4.73. The molecule has 0 saturated heterocycles. The smallest absolute Gasteiger partial charge is 0.234 e. The lowest BCUT2D eigenvalue weighted by Crippen LogP contribution is -2.42. The van der Waals surface area contributed by atoms with E-state index in [1.54, 1.807) is 0 Å². The van der Waals surface area contributed by atoms with Crippen molar-refractivity contribution in [1.29, 1.82) is 0 Å². The van der Waals surface area contributed by atoms with Crippen molar-refractivity contribution in [3.63, 3.8) is 0 Å². The van der Waals surface area contributed by atoms with Crippen LogP contribution in [0.4, 0.5) is 0 Å². The topological polar surface area (TPSA) is 41.1 Å². The predicted octanol–water partition coefficient (Wildman–Crippen LogP) is 1.63. The van der Waals surface area contributed by atoms with Gasteiger partial charge in [0.2, 0.25) is 5.91 Å². The molecule has 0 fully saturated rings. The zero-order valence-corrected chi connectivity index (χ0v) is 11.1. The number of carbonyl (C=O) groups excluding carboxylic acids is 1. The van der Waals surface area contributed by atoms with Gasteiger partial charge in [0.05, 0.1) is 6.54 Å². The molecule has 2 N–H and O–H groups in total. The molecule has 15 heavy (non-hydrogen) atoms. The van der Waals surface area contributed by atoms with E-state index in [-0.39, 0.29) is 11.9 Å². The molecule has 2 atom stereocenters. The molecule has 0 aliphatic carbocycles. The highest BCUT2D eigenvalue weighted by molar-refractivity contribution is 7.98. The first kappa shape index (κ1) is 14.8. The third-order valence-electron chi connectivity index (χ3n) is 2.43. The number of carbonyl (C=O) groups is 1. The maximum absolute atomic E-state index is 11.5. The Morgan fingerprint density at radius 1 is 1.33 bits per heavy atom. The van der Waals surface area contributed by atoms with Crippen molar-refractivity contribution in [2.24, 2.45) is 0 Å². The van der Waals surface area contributed by atoms with E-state index in [0.717, 1.165) is 18.6 Å². The number of amides is 1. The number of rotatable bonds is 8. The first-order chi connectivity index (χ1) is 7.13. The van der Waals surface area contributed by atoms with Crippen LogP contribution in [0, 0.1) is 0 Å². The molecule has 0 aromatic rings. The van der Waals surface area contributed by atoms with Gasteiger partial charge in [-0.2, -0.15) is 11.8 Å². The van der Waals surface area contributed by atoms with Gasteiger partial charge in [-0.15, -0.1) is 0 Å². The summed E-state index contributed by atoms with van der Waals surface area (Å²) in [7, 11) is 0. The quantitative estimate of drug-likeness (QED) is 0.668. The molecule has 0 radical (unpaired) electrons. The number of nitrogens with one attached hydrogen (secondary N) is 2. The summed E-state index contributed by atoms with van der Waals surface area (Å²) in [4.78, 5) is 11.5. The number of hydrogen-bond acceptors (Lipinski definition) is 3. The van der Waals surface area contributed by atoms with Crippen LogP contribution in [0.5, 0.6) is 0 Å². The summed E-state index contributed by atoms with van der Waals surface area (Å²) >= 11 is 1.81. The van der Waals surface area contributed by atoms with Gasteiger partial charge in [0.25, 0.3) is 0 Å². The fourth-order valence-corrected chi connectivity index (χ4v) is 1.94. The van der Waals surface area contributed by atoms with Crippen LogP contribution < -0.4 is 10.6 Å². The standard InChI is InChI=1S/C11H24N2OS/c1-5-9(3)13-11(14)7-12-10(6-2)8-15-4/h9-10,12H,5-8H2,1-4H3,(H,13,14). The fourth-order valence-electron chi connectivity index (χ4n) is 1.19. The summed E-state index contributed by atoms with van der Waals surface area (Å²) < 4.78 is 0. The highest BCUT2D eigenvalue weighted by Crippen LogP contribution is 2.00. The minimum Gasteiger partial charge on any atom is -0.353 e. The molecular formula is C11H24N2OS. The molecular weight excluding hydrogens is 208 g/mol. The average molecular weight is 232 g/mol. The van der Waals surface area contributed by atoms with Crippen molar-refractivity contribution in [2.45, 2.75) is 45.7 Å². The minimum absolute atomic E-state index is 0.101. The zero-order valence-electron chi connectivity index (χ0n) is 10.3. The van der Waals surface area contributed by atoms with Crippen LogP contribution in [0.1, 0.15) is 33.6 Å². The van der Waals surface area contributed by atoms with E-state index in [0.29, 0.717) is 12.6 Å². The van der Waals surface area contributed by atoms with E-state index in [9.17, 15) is 4.79 Å². The molecule has 0 rings (SSSR count). The van der Waals surface area contributed by atoms with Crippen LogP contribution in [0.3, 0.4) is 0 Å². The van der Waals surface area contributed by atoms with Crippen LogP contribution in [-0.2, 0) is 4.79 Å². The highest BCUT2D eigenvalue weighted by atomic mass is 32.2. The Morgan fingerprint density at radius 3 is 2.47 bits per heavy atom. The van der Waals surface area contributed by atoms with Gasteiger partial charge in [0.15, 0.2) is 0 Å². The first-order valence-electron chi connectivity index (χ1n) is 5.65. The second-order valence-electron chi connectivity index (χ2n) is 3.82.